The molecule has 126 valence electrons. The number of carbonyl (C=O) groups is 1. The number of fused-ring (bicyclic) bond motifs is 1. The van der Waals surface area contributed by atoms with Gasteiger partial charge in [0.15, 0.2) is 0 Å². The van der Waals surface area contributed by atoms with E-state index < -0.39 is 17.3 Å². The van der Waals surface area contributed by atoms with Crippen molar-refractivity contribution in [3.8, 4) is 0 Å². The number of nitrogens with zero attached hydrogens (tertiary/aromatic N) is 3. The number of aromatic nitrogens is 3. The van der Waals surface area contributed by atoms with Crippen molar-refractivity contribution in [3.63, 3.8) is 0 Å². The number of rotatable bonds is 4. The zero-order valence-corrected chi connectivity index (χ0v) is 13.4. The number of halogens is 1. The maximum absolute atomic E-state index is 13.0. The summed E-state index contributed by atoms with van der Waals surface area (Å²) in [5, 5.41) is 9.81. The Hall–Kier alpha value is -3.35. The van der Waals surface area contributed by atoms with Crippen molar-refractivity contribution in [2.75, 3.05) is 0 Å². The van der Waals surface area contributed by atoms with Gasteiger partial charge in [-0.1, -0.05) is 6.58 Å². The number of allylic oxidation sites excluding steroid dienone is 1. The van der Waals surface area contributed by atoms with E-state index in [0.29, 0.717) is 16.7 Å². The molecule has 0 saturated carbocycles. The Bertz CT molecular complexity index is 1060. The third-order valence-electron chi connectivity index (χ3n) is 3.76. The molecule has 3 rings (SSSR count). The predicted octanol–water partition coefficient (Wildman–Crippen LogP) is 2.71. The summed E-state index contributed by atoms with van der Waals surface area (Å²) in [6.45, 7) is 5.62. The summed E-state index contributed by atoms with van der Waals surface area (Å²) in [5.74, 6) is -1.82. The lowest BCUT2D eigenvalue weighted by Gasteiger charge is -2.12. The van der Waals surface area contributed by atoms with Crippen molar-refractivity contribution >= 4 is 22.6 Å². The van der Waals surface area contributed by atoms with Gasteiger partial charge in [-0.25, -0.2) is 14.2 Å². The van der Waals surface area contributed by atoms with Crippen molar-refractivity contribution in [1.82, 2.24) is 14.5 Å². The van der Waals surface area contributed by atoms with Crippen LogP contribution in [-0.2, 0) is 6.54 Å². The number of pyridine rings is 3. The smallest absolute Gasteiger partial charge is 0.341 e. The topological polar surface area (TPSA) is 85.1 Å². The van der Waals surface area contributed by atoms with Crippen LogP contribution in [0.4, 0.5) is 4.39 Å². The van der Waals surface area contributed by atoms with Crippen molar-refractivity contribution in [2.45, 2.75) is 13.5 Å². The maximum atomic E-state index is 13.0. The molecule has 0 radical (unpaired) electrons. The SMILES string of the molecule is C=C(C)c1cnc2c(c1)cc(C(=O)O)c(=O)n2Cc1ccc(F)cn1. The van der Waals surface area contributed by atoms with Crippen LogP contribution in [0.2, 0.25) is 0 Å². The van der Waals surface area contributed by atoms with Crippen molar-refractivity contribution in [1.29, 1.82) is 0 Å². The van der Waals surface area contributed by atoms with Crippen LogP contribution < -0.4 is 5.56 Å². The molecule has 3 aromatic heterocycles. The summed E-state index contributed by atoms with van der Waals surface area (Å²) in [4.78, 5) is 32.2. The second kappa shape index (κ2) is 6.27. The minimum Gasteiger partial charge on any atom is -0.477 e. The number of carboxylic acid groups (broad SMARTS) is 1. The van der Waals surface area contributed by atoms with Gasteiger partial charge in [0, 0.05) is 11.6 Å². The van der Waals surface area contributed by atoms with Crippen LogP contribution in [0.5, 0.6) is 0 Å². The second-order valence-corrected chi connectivity index (χ2v) is 5.64. The van der Waals surface area contributed by atoms with Gasteiger partial charge in [0.2, 0.25) is 0 Å². The second-order valence-electron chi connectivity index (χ2n) is 5.64. The fourth-order valence-electron chi connectivity index (χ4n) is 2.46. The predicted molar refractivity (Wildman–Crippen MR) is 91.0 cm³/mol. The van der Waals surface area contributed by atoms with Crippen molar-refractivity contribution in [2.24, 2.45) is 0 Å². The quantitative estimate of drug-likeness (QED) is 0.790. The first-order valence-electron chi connectivity index (χ1n) is 7.40. The van der Waals surface area contributed by atoms with E-state index in [1.807, 2.05) is 0 Å². The Labute approximate surface area is 141 Å². The Morgan fingerprint density at radius 3 is 2.64 bits per heavy atom. The minimum absolute atomic E-state index is 0.0177. The summed E-state index contributed by atoms with van der Waals surface area (Å²) in [6.07, 6.45) is 2.61. The van der Waals surface area contributed by atoms with Crippen molar-refractivity contribution in [3.05, 3.63) is 76.2 Å². The van der Waals surface area contributed by atoms with E-state index in [0.717, 1.165) is 17.3 Å². The molecule has 3 heterocycles. The normalized spacial score (nSPS) is 10.8. The molecule has 3 aromatic rings. The highest BCUT2D eigenvalue weighted by atomic mass is 19.1. The van der Waals surface area contributed by atoms with Gasteiger partial charge >= 0.3 is 5.97 Å². The van der Waals surface area contributed by atoms with Crippen LogP contribution in [0, 0.1) is 5.82 Å². The number of aromatic carboxylic acids is 1. The monoisotopic (exact) mass is 339 g/mol. The van der Waals surface area contributed by atoms with Gasteiger partial charge in [-0.05, 0) is 42.3 Å². The van der Waals surface area contributed by atoms with Gasteiger partial charge in [0.05, 0.1) is 18.4 Å². The molecule has 0 aromatic carbocycles. The average Bonchev–Trinajstić information content (AvgIpc) is 2.58. The van der Waals surface area contributed by atoms with Gasteiger partial charge in [0.25, 0.3) is 5.56 Å². The third-order valence-corrected chi connectivity index (χ3v) is 3.76. The minimum atomic E-state index is -1.33. The average molecular weight is 339 g/mol. The van der Waals surface area contributed by atoms with Crippen LogP contribution in [0.3, 0.4) is 0 Å². The first kappa shape index (κ1) is 16.5. The lowest BCUT2D eigenvalue weighted by molar-refractivity contribution is 0.0694. The lowest BCUT2D eigenvalue weighted by Crippen LogP contribution is -2.28. The molecular formula is C18H14FN3O3. The summed E-state index contributed by atoms with van der Waals surface area (Å²) in [5.41, 5.74) is 1.19. The summed E-state index contributed by atoms with van der Waals surface area (Å²) < 4.78 is 14.2. The van der Waals surface area contributed by atoms with Gasteiger partial charge in [0.1, 0.15) is 17.0 Å². The molecule has 0 amide bonds. The lowest BCUT2D eigenvalue weighted by atomic mass is 10.1. The largest absolute Gasteiger partial charge is 0.477 e. The summed E-state index contributed by atoms with van der Waals surface area (Å²) in [7, 11) is 0. The highest BCUT2D eigenvalue weighted by molar-refractivity contribution is 5.92. The van der Waals surface area contributed by atoms with Crippen LogP contribution in [-0.4, -0.2) is 25.6 Å². The Morgan fingerprint density at radius 1 is 1.28 bits per heavy atom. The third kappa shape index (κ3) is 3.16. The van der Waals surface area contributed by atoms with E-state index in [1.54, 1.807) is 19.2 Å². The molecule has 0 aliphatic heterocycles. The van der Waals surface area contributed by atoms with Gasteiger partial charge in [-0.15, -0.1) is 0 Å². The molecule has 0 unspecified atom stereocenters. The van der Waals surface area contributed by atoms with Crippen LogP contribution in [0.25, 0.3) is 16.6 Å². The van der Waals surface area contributed by atoms with Crippen LogP contribution in [0.15, 0.2) is 48.0 Å². The molecule has 0 aliphatic carbocycles. The van der Waals surface area contributed by atoms with Crippen molar-refractivity contribution < 1.29 is 14.3 Å². The van der Waals surface area contributed by atoms with E-state index in [4.69, 9.17) is 0 Å². The highest BCUT2D eigenvalue weighted by Crippen LogP contribution is 2.18. The Morgan fingerprint density at radius 2 is 2.04 bits per heavy atom. The Balaban J connectivity index is 2.25. The zero-order valence-electron chi connectivity index (χ0n) is 13.4. The fraction of sp³-hybridized carbons (Fsp3) is 0.111. The molecule has 6 nitrogen and oxygen atoms in total. The standard InChI is InChI=1S/C18H14FN3O3/c1-10(2)12-5-11-6-15(18(24)25)17(23)22(16(11)21-7-12)9-14-4-3-13(19)8-20-14/h3-8H,1,9H2,2H3,(H,24,25). The van der Waals surface area contributed by atoms with E-state index >= 15 is 0 Å². The van der Waals surface area contributed by atoms with Crippen LogP contribution in [0.1, 0.15) is 28.5 Å². The molecule has 0 atom stereocenters. The van der Waals surface area contributed by atoms with E-state index in [2.05, 4.69) is 16.5 Å². The first-order valence-corrected chi connectivity index (χ1v) is 7.40. The molecule has 0 aliphatic rings. The van der Waals surface area contributed by atoms with Crippen LogP contribution >= 0.6 is 0 Å². The highest BCUT2D eigenvalue weighted by Gasteiger charge is 2.16. The van der Waals surface area contributed by atoms with E-state index in [1.165, 1.54) is 22.8 Å². The summed E-state index contributed by atoms with van der Waals surface area (Å²) >= 11 is 0. The van der Waals surface area contributed by atoms with Gasteiger partial charge < -0.3 is 5.11 Å². The zero-order chi connectivity index (χ0) is 18.1. The molecule has 1 N–H and O–H groups in total. The first-order chi connectivity index (χ1) is 11.9. The summed E-state index contributed by atoms with van der Waals surface area (Å²) in [6, 6.07) is 5.69. The van der Waals surface area contributed by atoms with Gasteiger partial charge in [-0.2, -0.15) is 0 Å². The molecule has 7 heteroatoms. The van der Waals surface area contributed by atoms with E-state index in [-0.39, 0.29) is 12.1 Å². The maximum Gasteiger partial charge on any atom is 0.341 e. The molecule has 25 heavy (non-hydrogen) atoms. The van der Waals surface area contributed by atoms with E-state index in [9.17, 15) is 19.1 Å². The number of hydrogen-bond acceptors (Lipinski definition) is 4. The molecule has 0 bridgehead atoms. The molecule has 0 saturated heterocycles. The number of hydrogen-bond donors (Lipinski definition) is 1. The fourth-order valence-corrected chi connectivity index (χ4v) is 2.46. The van der Waals surface area contributed by atoms with Gasteiger partial charge in [-0.3, -0.25) is 14.3 Å². The number of carboxylic acids is 1. The Kier molecular flexibility index (Phi) is 4.14. The molecule has 0 spiro atoms. The molecule has 0 fully saturated rings. The molecular weight excluding hydrogens is 325 g/mol.